The van der Waals surface area contributed by atoms with Crippen LogP contribution in [0.25, 0.3) is 0 Å². The minimum Gasteiger partial charge on any atom is -0.351 e. The van der Waals surface area contributed by atoms with Crippen LogP contribution in [-0.2, 0) is 4.79 Å². The van der Waals surface area contributed by atoms with Crippen molar-refractivity contribution in [2.75, 3.05) is 0 Å². The summed E-state index contributed by atoms with van der Waals surface area (Å²) in [4.78, 5) is 22.1. The molecule has 0 unspecified atom stereocenters. The van der Waals surface area contributed by atoms with Gasteiger partial charge in [0.05, 0.1) is 6.04 Å². The van der Waals surface area contributed by atoms with Gasteiger partial charge in [-0.05, 0) is 25.5 Å². The number of carbonyl (C=O) groups excluding carboxylic acids is 2. The van der Waals surface area contributed by atoms with Crippen molar-refractivity contribution in [1.29, 1.82) is 0 Å². The lowest BCUT2D eigenvalue weighted by Crippen LogP contribution is -2.47. The molecule has 0 saturated carbocycles. The molecule has 6 heteroatoms. The van der Waals surface area contributed by atoms with Crippen molar-refractivity contribution in [1.82, 2.24) is 10.6 Å². The second-order valence-electron chi connectivity index (χ2n) is 3.99. The Morgan fingerprint density at radius 3 is 2.44 bits per heavy atom. The van der Waals surface area contributed by atoms with E-state index in [4.69, 9.17) is 17.3 Å². The molecule has 0 aromatic heterocycles. The van der Waals surface area contributed by atoms with Crippen molar-refractivity contribution >= 4 is 23.5 Å². The van der Waals surface area contributed by atoms with Gasteiger partial charge in [-0.1, -0.05) is 29.8 Å². The quantitative estimate of drug-likeness (QED) is 0.776. The molecule has 98 valence electrons. The molecule has 0 radical (unpaired) electrons. The van der Waals surface area contributed by atoms with Crippen LogP contribution < -0.4 is 16.4 Å². The number of hydrogen-bond donors (Lipinski definition) is 3. The topological polar surface area (TPSA) is 84.2 Å². The van der Waals surface area contributed by atoms with Crippen LogP contribution in [0.15, 0.2) is 24.3 Å². The molecular weight excluding hydrogens is 254 g/mol. The van der Waals surface area contributed by atoms with Gasteiger partial charge in [0, 0.05) is 11.1 Å². The number of nitrogens with two attached hydrogens (primary N) is 1. The van der Waals surface area contributed by atoms with Gasteiger partial charge < -0.3 is 5.73 Å². The molecule has 1 aromatic carbocycles. The standard InChI is InChI=1S/C12H16ClN3O2/c1-7(9-5-3-4-6-10(9)13)15-8(2)11(17)16-12(14)18/h3-8,15H,1-2H3,(H3,14,16,17,18)/t7-,8-/m1/s1. The van der Waals surface area contributed by atoms with E-state index in [1.54, 1.807) is 13.0 Å². The van der Waals surface area contributed by atoms with Crippen molar-refractivity contribution in [3.8, 4) is 0 Å². The van der Waals surface area contributed by atoms with Crippen molar-refractivity contribution in [3.05, 3.63) is 34.9 Å². The lowest BCUT2D eigenvalue weighted by molar-refractivity contribution is -0.121. The van der Waals surface area contributed by atoms with E-state index in [0.29, 0.717) is 5.02 Å². The average Bonchev–Trinajstić information content (AvgIpc) is 2.28. The molecule has 0 aliphatic heterocycles. The third-order valence-electron chi connectivity index (χ3n) is 2.51. The first kappa shape index (κ1) is 14.5. The van der Waals surface area contributed by atoms with Crippen molar-refractivity contribution in [3.63, 3.8) is 0 Å². The summed E-state index contributed by atoms with van der Waals surface area (Å²) in [5, 5.41) is 5.68. The molecular formula is C12H16ClN3O2. The van der Waals surface area contributed by atoms with Crippen LogP contribution in [0, 0.1) is 0 Å². The second kappa shape index (κ2) is 6.37. The van der Waals surface area contributed by atoms with Gasteiger partial charge in [-0.3, -0.25) is 15.4 Å². The third-order valence-corrected chi connectivity index (χ3v) is 2.86. The van der Waals surface area contributed by atoms with Crippen LogP contribution in [0.4, 0.5) is 4.79 Å². The van der Waals surface area contributed by atoms with Gasteiger partial charge in [-0.25, -0.2) is 4.79 Å². The molecule has 0 fully saturated rings. The number of rotatable bonds is 4. The highest BCUT2D eigenvalue weighted by atomic mass is 35.5. The monoisotopic (exact) mass is 269 g/mol. The first-order valence-electron chi connectivity index (χ1n) is 5.52. The van der Waals surface area contributed by atoms with Crippen LogP contribution >= 0.6 is 11.6 Å². The fourth-order valence-corrected chi connectivity index (χ4v) is 1.90. The maximum atomic E-state index is 11.5. The largest absolute Gasteiger partial charge is 0.351 e. The zero-order chi connectivity index (χ0) is 13.7. The molecule has 5 nitrogen and oxygen atoms in total. The highest BCUT2D eigenvalue weighted by Gasteiger charge is 2.18. The number of amides is 3. The summed E-state index contributed by atoms with van der Waals surface area (Å²) in [6.07, 6.45) is 0. The Balaban J connectivity index is 2.65. The van der Waals surface area contributed by atoms with Gasteiger partial charge in [-0.2, -0.15) is 0 Å². The number of benzene rings is 1. The first-order chi connectivity index (χ1) is 8.41. The maximum absolute atomic E-state index is 11.5. The molecule has 0 bridgehead atoms. The Morgan fingerprint density at radius 1 is 1.28 bits per heavy atom. The van der Waals surface area contributed by atoms with Gasteiger partial charge in [0.2, 0.25) is 5.91 Å². The van der Waals surface area contributed by atoms with E-state index >= 15 is 0 Å². The molecule has 2 atom stereocenters. The van der Waals surface area contributed by atoms with E-state index in [9.17, 15) is 9.59 Å². The Hall–Kier alpha value is -1.59. The van der Waals surface area contributed by atoms with Crippen molar-refractivity contribution < 1.29 is 9.59 Å². The predicted molar refractivity (Wildman–Crippen MR) is 70.2 cm³/mol. The number of carbonyl (C=O) groups is 2. The van der Waals surface area contributed by atoms with Gasteiger partial charge in [0.25, 0.3) is 0 Å². The molecule has 4 N–H and O–H groups in total. The van der Waals surface area contributed by atoms with Gasteiger partial charge in [-0.15, -0.1) is 0 Å². The molecule has 18 heavy (non-hydrogen) atoms. The minimum atomic E-state index is -0.862. The van der Waals surface area contributed by atoms with E-state index in [1.807, 2.05) is 30.4 Å². The van der Waals surface area contributed by atoms with Crippen LogP contribution in [0.3, 0.4) is 0 Å². The molecule has 1 rings (SSSR count). The maximum Gasteiger partial charge on any atom is 0.318 e. The number of halogens is 1. The second-order valence-corrected chi connectivity index (χ2v) is 4.39. The van der Waals surface area contributed by atoms with E-state index in [2.05, 4.69) is 5.32 Å². The fraction of sp³-hybridized carbons (Fsp3) is 0.333. The van der Waals surface area contributed by atoms with Crippen LogP contribution in [-0.4, -0.2) is 18.0 Å². The minimum absolute atomic E-state index is 0.118. The Kier molecular flexibility index (Phi) is 5.12. The normalized spacial score (nSPS) is 13.7. The highest BCUT2D eigenvalue weighted by molar-refractivity contribution is 6.31. The average molecular weight is 270 g/mol. The fourth-order valence-electron chi connectivity index (χ4n) is 1.60. The summed E-state index contributed by atoms with van der Waals surface area (Å²) in [5.74, 6) is -0.471. The number of hydrogen-bond acceptors (Lipinski definition) is 3. The molecule has 1 aromatic rings. The number of nitrogens with one attached hydrogen (secondary N) is 2. The third kappa shape index (κ3) is 4.01. The summed E-state index contributed by atoms with van der Waals surface area (Å²) in [7, 11) is 0. The summed E-state index contributed by atoms with van der Waals surface area (Å²) < 4.78 is 0. The number of urea groups is 1. The first-order valence-corrected chi connectivity index (χ1v) is 5.90. The molecule has 0 aliphatic carbocycles. The highest BCUT2D eigenvalue weighted by Crippen LogP contribution is 2.22. The van der Waals surface area contributed by atoms with E-state index in [1.165, 1.54) is 0 Å². The van der Waals surface area contributed by atoms with Crippen LogP contribution in [0.1, 0.15) is 25.5 Å². The number of primary amides is 1. The molecule has 0 saturated heterocycles. The van der Waals surface area contributed by atoms with Crippen molar-refractivity contribution in [2.24, 2.45) is 5.73 Å². The van der Waals surface area contributed by atoms with E-state index in [0.717, 1.165) is 5.56 Å². The SMILES string of the molecule is C[C@@H](N[C@H](C)c1ccccc1Cl)C(=O)NC(N)=O. The Labute approximate surface area is 111 Å². The lowest BCUT2D eigenvalue weighted by Gasteiger charge is -2.20. The molecule has 0 spiro atoms. The molecule has 0 heterocycles. The summed E-state index contributed by atoms with van der Waals surface area (Å²) >= 11 is 6.05. The summed E-state index contributed by atoms with van der Waals surface area (Å²) in [5.41, 5.74) is 5.76. The Morgan fingerprint density at radius 2 is 1.89 bits per heavy atom. The van der Waals surface area contributed by atoms with Gasteiger partial charge in [0.15, 0.2) is 0 Å². The van der Waals surface area contributed by atoms with Gasteiger partial charge in [0.1, 0.15) is 0 Å². The zero-order valence-corrected chi connectivity index (χ0v) is 11.0. The van der Waals surface area contributed by atoms with Crippen molar-refractivity contribution in [2.45, 2.75) is 25.9 Å². The zero-order valence-electron chi connectivity index (χ0n) is 10.2. The number of imide groups is 1. The molecule has 3 amide bonds. The smallest absolute Gasteiger partial charge is 0.318 e. The van der Waals surface area contributed by atoms with Crippen LogP contribution in [0.5, 0.6) is 0 Å². The molecule has 0 aliphatic rings. The summed E-state index contributed by atoms with van der Waals surface area (Å²) in [6.45, 7) is 3.53. The lowest BCUT2D eigenvalue weighted by atomic mass is 10.1. The van der Waals surface area contributed by atoms with E-state index in [-0.39, 0.29) is 6.04 Å². The Bertz CT molecular complexity index is 451. The van der Waals surface area contributed by atoms with Gasteiger partial charge >= 0.3 is 6.03 Å². The van der Waals surface area contributed by atoms with E-state index < -0.39 is 18.0 Å². The van der Waals surface area contributed by atoms with Crippen LogP contribution in [0.2, 0.25) is 5.02 Å². The predicted octanol–water partition coefficient (Wildman–Crippen LogP) is 1.57. The summed E-state index contributed by atoms with van der Waals surface area (Å²) in [6, 6.07) is 5.83.